The van der Waals surface area contributed by atoms with Gasteiger partial charge in [-0.05, 0) is 123 Å². The van der Waals surface area contributed by atoms with Crippen molar-refractivity contribution in [1.29, 1.82) is 0 Å². The number of aromatic nitrogens is 2. The molecule has 4 aromatic heterocycles. The van der Waals surface area contributed by atoms with Crippen LogP contribution in [0.2, 0.25) is 0 Å². The highest BCUT2D eigenvalue weighted by atomic mass is 15.2. The molecule has 61 heavy (non-hydrogen) atoms. The van der Waals surface area contributed by atoms with Gasteiger partial charge in [-0.3, -0.25) is 0 Å². The molecule has 0 fully saturated rings. The fourth-order valence-electron chi connectivity index (χ4n) is 10.6. The number of nitrogens with zero attached hydrogens (tertiary/aromatic N) is 3. The third kappa shape index (κ3) is 4.98. The first kappa shape index (κ1) is 36.3. The molecule has 3 heteroatoms. The van der Waals surface area contributed by atoms with Gasteiger partial charge >= 0.3 is 0 Å². The molecule has 0 saturated heterocycles. The summed E-state index contributed by atoms with van der Waals surface area (Å²) in [7, 11) is 0. The summed E-state index contributed by atoms with van der Waals surface area (Å²) in [4.78, 5) is 2.48. The van der Waals surface area contributed by atoms with E-state index in [0.717, 1.165) is 11.4 Å². The second kappa shape index (κ2) is 12.0. The fourth-order valence-corrected chi connectivity index (χ4v) is 10.6. The minimum atomic E-state index is -0.0771. The van der Waals surface area contributed by atoms with Crippen LogP contribution in [-0.2, 0) is 16.2 Å². The Labute approximate surface area is 357 Å². The zero-order chi connectivity index (χ0) is 41.9. The maximum Gasteiger partial charge on any atom is 0.0783 e. The van der Waals surface area contributed by atoms with E-state index in [2.05, 4.69) is 222 Å². The molecular weight excluding hydrogens is 739 g/mol. The van der Waals surface area contributed by atoms with Gasteiger partial charge in [-0.25, -0.2) is 0 Å². The van der Waals surface area contributed by atoms with E-state index in [1.54, 1.807) is 0 Å². The Morgan fingerprint density at radius 1 is 0.344 bits per heavy atom. The molecular formula is C58H51N3. The molecule has 0 unspecified atom stereocenters. The zero-order valence-electron chi connectivity index (χ0n) is 36.7. The number of fused-ring (bicyclic) bond motifs is 15. The lowest BCUT2D eigenvalue weighted by Crippen LogP contribution is -2.15. The molecule has 0 saturated carbocycles. The summed E-state index contributed by atoms with van der Waals surface area (Å²) >= 11 is 0. The van der Waals surface area contributed by atoms with Crippen LogP contribution in [0.4, 0.5) is 17.1 Å². The van der Waals surface area contributed by atoms with Gasteiger partial charge in [0.2, 0.25) is 0 Å². The van der Waals surface area contributed by atoms with E-state index in [0.29, 0.717) is 0 Å². The maximum atomic E-state index is 2.63. The first-order valence-corrected chi connectivity index (χ1v) is 21.9. The van der Waals surface area contributed by atoms with Gasteiger partial charge in [-0.2, -0.15) is 0 Å². The van der Waals surface area contributed by atoms with Crippen molar-refractivity contribution < 1.29 is 0 Å². The lowest BCUT2D eigenvalue weighted by Gasteiger charge is -2.29. The van der Waals surface area contributed by atoms with Gasteiger partial charge in [0.25, 0.3) is 0 Å². The molecule has 8 aromatic carbocycles. The third-order valence-corrected chi connectivity index (χ3v) is 13.7. The number of hydrogen-bond acceptors (Lipinski definition) is 1. The molecule has 0 radical (unpaired) electrons. The molecule has 4 heterocycles. The predicted octanol–water partition coefficient (Wildman–Crippen LogP) is 16.5. The van der Waals surface area contributed by atoms with Crippen LogP contribution in [0.15, 0.2) is 146 Å². The molecule has 12 aromatic rings. The second-order valence-electron chi connectivity index (χ2n) is 20.7. The molecule has 0 spiro atoms. The minimum absolute atomic E-state index is 0.0341. The summed E-state index contributed by atoms with van der Waals surface area (Å²) in [5.41, 5.74) is 15.1. The number of anilines is 3. The van der Waals surface area contributed by atoms with Crippen LogP contribution >= 0.6 is 0 Å². The first-order chi connectivity index (χ1) is 29.2. The number of hydrogen-bond donors (Lipinski definition) is 0. The highest BCUT2D eigenvalue weighted by molar-refractivity contribution is 6.40. The van der Waals surface area contributed by atoms with Crippen LogP contribution in [-0.4, -0.2) is 8.80 Å². The van der Waals surface area contributed by atoms with Gasteiger partial charge in [-0.15, -0.1) is 0 Å². The van der Waals surface area contributed by atoms with Gasteiger partial charge in [0.05, 0.1) is 38.8 Å². The van der Waals surface area contributed by atoms with Gasteiger partial charge in [0, 0.05) is 54.5 Å². The molecule has 0 aliphatic heterocycles. The van der Waals surface area contributed by atoms with Crippen molar-refractivity contribution in [3.05, 3.63) is 162 Å². The van der Waals surface area contributed by atoms with Crippen LogP contribution in [0.1, 0.15) is 79.0 Å². The lowest BCUT2D eigenvalue weighted by molar-refractivity contribution is 0.590. The van der Waals surface area contributed by atoms with E-state index in [1.807, 2.05) is 0 Å². The molecule has 298 valence electrons. The summed E-state index contributed by atoms with van der Waals surface area (Å²) in [6.07, 6.45) is 0. The molecule has 0 aliphatic rings. The van der Waals surface area contributed by atoms with Crippen molar-refractivity contribution in [2.24, 2.45) is 0 Å². The molecule has 0 bridgehead atoms. The normalized spacial score (nSPS) is 13.3. The average Bonchev–Trinajstić information content (AvgIpc) is 3.96. The van der Waals surface area contributed by atoms with E-state index in [-0.39, 0.29) is 16.2 Å². The summed E-state index contributed by atoms with van der Waals surface area (Å²) in [5.74, 6) is 0. The third-order valence-electron chi connectivity index (χ3n) is 13.7. The van der Waals surface area contributed by atoms with E-state index >= 15 is 0 Å². The van der Waals surface area contributed by atoms with Crippen molar-refractivity contribution >= 4 is 104 Å². The minimum Gasteiger partial charge on any atom is -0.308 e. The molecule has 0 amide bonds. The molecule has 0 N–H and O–H groups in total. The van der Waals surface area contributed by atoms with Gasteiger partial charge in [0.1, 0.15) is 0 Å². The Hall–Kier alpha value is -6.58. The van der Waals surface area contributed by atoms with Crippen LogP contribution < -0.4 is 4.90 Å². The molecule has 0 atom stereocenters. The SMILES string of the molecule is CC(C)(C)c1ccc2c(c1)c1cc(C(C)(C)C)cc3c4c5c6c7ccccc7cc7c8cc(C(C)(C)C)cc(N(c9ccccc9)c9ccccc9)c8n(c5ccc4n2c13)c76. The molecule has 3 nitrogen and oxygen atoms in total. The second-order valence-corrected chi connectivity index (χ2v) is 20.7. The van der Waals surface area contributed by atoms with Crippen LogP contribution in [0, 0.1) is 0 Å². The lowest BCUT2D eigenvalue weighted by atomic mass is 9.84. The van der Waals surface area contributed by atoms with Crippen molar-refractivity contribution in [3.63, 3.8) is 0 Å². The van der Waals surface area contributed by atoms with Crippen LogP contribution in [0.25, 0.3) is 87.0 Å². The van der Waals surface area contributed by atoms with Crippen molar-refractivity contribution in [2.45, 2.75) is 78.6 Å². The van der Waals surface area contributed by atoms with E-state index in [1.165, 1.54) is 109 Å². The highest BCUT2D eigenvalue weighted by Crippen LogP contribution is 2.52. The predicted molar refractivity (Wildman–Crippen MR) is 264 cm³/mol. The summed E-state index contributed by atoms with van der Waals surface area (Å²) < 4.78 is 5.21. The Bertz CT molecular complexity index is 3690. The van der Waals surface area contributed by atoms with E-state index in [4.69, 9.17) is 0 Å². The Kier molecular flexibility index (Phi) is 7.16. The first-order valence-electron chi connectivity index (χ1n) is 21.9. The van der Waals surface area contributed by atoms with Crippen LogP contribution in [0.5, 0.6) is 0 Å². The standard InChI is InChI=1S/C58H51N3/c1-56(2,3)35-24-25-46-41(29-35)43-30-36(57(4,5)6)32-45-50-47(60(46)53(43)45)26-27-48-52(50)51-40-23-17-16-18-34(40)28-42-44-31-37(58(7,8)9)33-49(54(44)61(48)55(42)51)59(38-19-12-10-13-20-38)39-21-14-11-15-22-39/h10-33H,1-9H3. The summed E-state index contributed by atoms with van der Waals surface area (Å²) in [6, 6.07) is 55.4. The Morgan fingerprint density at radius 2 is 0.852 bits per heavy atom. The van der Waals surface area contributed by atoms with E-state index < -0.39 is 0 Å². The van der Waals surface area contributed by atoms with Gasteiger partial charge < -0.3 is 13.7 Å². The largest absolute Gasteiger partial charge is 0.308 e. The number of rotatable bonds is 3. The Morgan fingerprint density at radius 3 is 1.49 bits per heavy atom. The van der Waals surface area contributed by atoms with Crippen molar-refractivity contribution in [1.82, 2.24) is 8.80 Å². The van der Waals surface area contributed by atoms with Crippen molar-refractivity contribution in [3.8, 4) is 0 Å². The number of benzene rings is 8. The van der Waals surface area contributed by atoms with Gasteiger partial charge in [-0.1, -0.05) is 129 Å². The quantitative estimate of drug-likeness (QED) is 0.174. The monoisotopic (exact) mass is 789 g/mol. The molecule has 0 aliphatic carbocycles. The van der Waals surface area contributed by atoms with E-state index in [9.17, 15) is 0 Å². The highest BCUT2D eigenvalue weighted by Gasteiger charge is 2.31. The summed E-state index contributed by atoms with van der Waals surface area (Å²) in [6.45, 7) is 21.1. The smallest absolute Gasteiger partial charge is 0.0783 e. The molecule has 12 rings (SSSR count). The maximum absolute atomic E-state index is 2.63. The zero-order valence-corrected chi connectivity index (χ0v) is 36.7. The fraction of sp³-hybridized carbons (Fsp3) is 0.207. The number of para-hydroxylation sites is 2. The van der Waals surface area contributed by atoms with Crippen LogP contribution in [0.3, 0.4) is 0 Å². The Balaban J connectivity index is 1.34. The van der Waals surface area contributed by atoms with Gasteiger partial charge in [0.15, 0.2) is 0 Å². The summed E-state index contributed by atoms with van der Waals surface area (Å²) in [5, 5.41) is 13.2. The average molecular weight is 790 g/mol. The topological polar surface area (TPSA) is 12.1 Å². The van der Waals surface area contributed by atoms with Crippen molar-refractivity contribution in [2.75, 3.05) is 4.90 Å².